The van der Waals surface area contributed by atoms with Crippen LogP contribution in [0.1, 0.15) is 5.56 Å². The Labute approximate surface area is 72.2 Å². The zero-order valence-corrected chi connectivity index (χ0v) is 7.20. The zero-order chi connectivity index (χ0) is 8.43. The van der Waals surface area contributed by atoms with Gasteiger partial charge in [0.05, 0.1) is 4.34 Å². The molecule has 0 aliphatic heterocycles. The second kappa shape index (κ2) is 3.11. The number of ether oxygens (including phenoxy) is 1. The molecule has 0 amide bonds. The zero-order valence-electron chi connectivity index (χ0n) is 5.63. The van der Waals surface area contributed by atoms with E-state index in [9.17, 15) is 4.79 Å². The minimum Gasteiger partial charge on any atom is -0.449 e. The lowest BCUT2D eigenvalue weighted by Gasteiger charge is -1.94. The van der Waals surface area contributed by atoms with Crippen LogP contribution in [0.25, 0.3) is 0 Å². The summed E-state index contributed by atoms with van der Waals surface area (Å²) in [6, 6.07) is 1.66. The summed E-state index contributed by atoms with van der Waals surface area (Å²) >= 11 is 6.70. The molecule has 0 unspecified atom stereocenters. The van der Waals surface area contributed by atoms with Crippen molar-refractivity contribution in [3.63, 3.8) is 0 Å². The molecule has 0 radical (unpaired) electrons. The number of hydrogen-bond acceptors (Lipinski definition) is 3. The number of carboxylic acid groups (broad SMARTS) is 1. The van der Waals surface area contributed by atoms with Crippen LogP contribution >= 0.6 is 22.9 Å². The van der Waals surface area contributed by atoms with Gasteiger partial charge in [-0.15, -0.1) is 0 Å². The van der Waals surface area contributed by atoms with Gasteiger partial charge in [-0.05, 0) is 13.0 Å². The Morgan fingerprint density at radius 2 is 2.45 bits per heavy atom. The maximum atomic E-state index is 10.1. The molecule has 1 heterocycles. The quantitative estimate of drug-likeness (QED) is 0.696. The molecule has 1 N–H and O–H groups in total. The van der Waals surface area contributed by atoms with E-state index in [1.807, 2.05) is 0 Å². The maximum Gasteiger partial charge on any atom is 0.512 e. The number of thiophene rings is 1. The van der Waals surface area contributed by atoms with E-state index in [2.05, 4.69) is 4.74 Å². The van der Waals surface area contributed by atoms with Crippen molar-refractivity contribution >= 4 is 29.1 Å². The molecular weight excluding hydrogens is 188 g/mol. The summed E-state index contributed by atoms with van der Waals surface area (Å²) in [7, 11) is 0. The van der Waals surface area contributed by atoms with Gasteiger partial charge in [0.1, 0.15) is 0 Å². The van der Waals surface area contributed by atoms with Crippen LogP contribution in [0, 0.1) is 6.92 Å². The Morgan fingerprint density at radius 3 is 2.82 bits per heavy atom. The molecule has 0 saturated carbocycles. The molecule has 0 spiro atoms. The van der Waals surface area contributed by atoms with Crippen molar-refractivity contribution in [3.8, 4) is 5.06 Å². The Hall–Kier alpha value is -0.740. The molecule has 11 heavy (non-hydrogen) atoms. The van der Waals surface area contributed by atoms with Crippen LogP contribution in [-0.2, 0) is 0 Å². The third kappa shape index (κ3) is 2.10. The van der Waals surface area contributed by atoms with Crippen LogP contribution in [-0.4, -0.2) is 11.3 Å². The summed E-state index contributed by atoms with van der Waals surface area (Å²) in [5, 5.41) is 8.58. The highest BCUT2D eigenvalue weighted by Gasteiger charge is 2.08. The van der Waals surface area contributed by atoms with Gasteiger partial charge in [-0.2, -0.15) is 0 Å². The first-order valence-electron chi connectivity index (χ1n) is 2.76. The van der Waals surface area contributed by atoms with Gasteiger partial charge in [0.25, 0.3) is 0 Å². The van der Waals surface area contributed by atoms with Crippen LogP contribution < -0.4 is 4.74 Å². The Morgan fingerprint density at radius 1 is 1.82 bits per heavy atom. The molecule has 0 aliphatic carbocycles. The first-order chi connectivity index (χ1) is 5.09. The number of aryl methyl sites for hydroxylation is 1. The largest absolute Gasteiger partial charge is 0.512 e. The number of rotatable bonds is 1. The fourth-order valence-corrected chi connectivity index (χ4v) is 1.73. The SMILES string of the molecule is Cc1cc(Cl)sc1OC(=O)O. The smallest absolute Gasteiger partial charge is 0.449 e. The highest BCUT2D eigenvalue weighted by atomic mass is 35.5. The fraction of sp³-hybridized carbons (Fsp3) is 0.167. The summed E-state index contributed by atoms with van der Waals surface area (Å²) in [4.78, 5) is 10.1. The highest BCUT2D eigenvalue weighted by Crippen LogP contribution is 2.33. The summed E-state index contributed by atoms with van der Waals surface area (Å²) < 4.78 is 4.94. The fourth-order valence-electron chi connectivity index (χ4n) is 0.608. The number of halogens is 1. The highest BCUT2D eigenvalue weighted by molar-refractivity contribution is 7.18. The lowest BCUT2D eigenvalue weighted by molar-refractivity contribution is 0.145. The Kier molecular flexibility index (Phi) is 2.36. The molecular formula is C6H5ClO3S. The first-order valence-corrected chi connectivity index (χ1v) is 3.96. The third-order valence-electron chi connectivity index (χ3n) is 1.02. The van der Waals surface area contributed by atoms with Gasteiger partial charge in [-0.3, -0.25) is 0 Å². The van der Waals surface area contributed by atoms with Crippen molar-refractivity contribution in [3.05, 3.63) is 16.0 Å². The van der Waals surface area contributed by atoms with Gasteiger partial charge in [0.15, 0.2) is 5.06 Å². The lowest BCUT2D eigenvalue weighted by Crippen LogP contribution is -2.01. The molecule has 0 saturated heterocycles. The molecule has 3 nitrogen and oxygen atoms in total. The van der Waals surface area contributed by atoms with Crippen molar-refractivity contribution in [1.29, 1.82) is 0 Å². The second-order valence-corrected chi connectivity index (χ2v) is 3.53. The van der Waals surface area contributed by atoms with Gasteiger partial charge in [0, 0.05) is 5.56 Å². The van der Waals surface area contributed by atoms with Crippen LogP contribution in [0.2, 0.25) is 4.34 Å². The average Bonchev–Trinajstić information content (AvgIpc) is 2.09. The molecule has 5 heteroatoms. The van der Waals surface area contributed by atoms with E-state index in [0.29, 0.717) is 9.40 Å². The maximum absolute atomic E-state index is 10.1. The van der Waals surface area contributed by atoms with E-state index in [0.717, 1.165) is 16.9 Å². The van der Waals surface area contributed by atoms with Gasteiger partial charge in [0.2, 0.25) is 0 Å². The van der Waals surface area contributed by atoms with Crippen molar-refractivity contribution in [2.24, 2.45) is 0 Å². The summed E-state index contributed by atoms with van der Waals surface area (Å²) in [5.74, 6) is 0. The summed E-state index contributed by atoms with van der Waals surface area (Å²) in [6.07, 6.45) is -1.31. The molecule has 60 valence electrons. The van der Waals surface area contributed by atoms with E-state index in [4.69, 9.17) is 16.7 Å². The first kappa shape index (κ1) is 8.36. The molecule has 0 aliphatic rings. The molecule has 1 aromatic rings. The molecule has 1 aromatic heterocycles. The van der Waals surface area contributed by atoms with E-state index in [1.165, 1.54) is 0 Å². The van der Waals surface area contributed by atoms with Crippen molar-refractivity contribution in [2.75, 3.05) is 0 Å². The molecule has 1 rings (SSSR count). The van der Waals surface area contributed by atoms with Crippen LogP contribution in [0.15, 0.2) is 6.07 Å². The summed E-state index contributed by atoms with van der Waals surface area (Å²) in [5.41, 5.74) is 0.738. The Balaban J connectivity index is 2.85. The van der Waals surface area contributed by atoms with E-state index < -0.39 is 6.16 Å². The number of carbonyl (C=O) groups is 1. The monoisotopic (exact) mass is 192 g/mol. The molecule has 0 atom stereocenters. The van der Waals surface area contributed by atoms with Gasteiger partial charge in [-0.1, -0.05) is 22.9 Å². The van der Waals surface area contributed by atoms with Gasteiger partial charge in [-0.25, -0.2) is 4.79 Å². The predicted octanol–water partition coefficient (Wildman–Crippen LogP) is 2.77. The van der Waals surface area contributed by atoms with Crippen LogP contribution in [0.3, 0.4) is 0 Å². The van der Waals surface area contributed by atoms with E-state index in [-0.39, 0.29) is 0 Å². The minimum atomic E-state index is -1.31. The van der Waals surface area contributed by atoms with Crippen molar-refractivity contribution < 1.29 is 14.6 Å². The van der Waals surface area contributed by atoms with Crippen molar-refractivity contribution in [1.82, 2.24) is 0 Å². The van der Waals surface area contributed by atoms with Gasteiger partial charge < -0.3 is 9.84 Å². The van der Waals surface area contributed by atoms with Gasteiger partial charge >= 0.3 is 6.16 Å². The lowest BCUT2D eigenvalue weighted by atomic mass is 10.4. The van der Waals surface area contributed by atoms with Crippen LogP contribution in [0.5, 0.6) is 5.06 Å². The summed E-state index contributed by atoms with van der Waals surface area (Å²) in [6.45, 7) is 1.74. The van der Waals surface area contributed by atoms with Crippen molar-refractivity contribution in [2.45, 2.75) is 6.92 Å². The van der Waals surface area contributed by atoms with Crippen LogP contribution in [0.4, 0.5) is 4.79 Å². The molecule has 0 bridgehead atoms. The third-order valence-corrected chi connectivity index (χ3v) is 2.27. The molecule has 0 fully saturated rings. The Bertz CT molecular complexity index is 281. The standard InChI is InChI=1S/C6H5ClO3S/c1-3-2-4(7)11-5(3)10-6(8)9/h2H,1H3,(H,8,9). The predicted molar refractivity (Wildman–Crippen MR) is 42.7 cm³/mol. The number of hydrogen-bond donors (Lipinski definition) is 1. The normalized spacial score (nSPS) is 9.64. The average molecular weight is 193 g/mol. The topological polar surface area (TPSA) is 46.5 Å². The minimum absolute atomic E-state index is 0.336. The van der Waals surface area contributed by atoms with E-state index >= 15 is 0 Å². The molecule has 0 aromatic carbocycles. The van der Waals surface area contributed by atoms with E-state index in [1.54, 1.807) is 13.0 Å². The second-order valence-electron chi connectivity index (χ2n) is 1.89.